The first-order valence-corrected chi connectivity index (χ1v) is 7.93. The van der Waals surface area contributed by atoms with Crippen molar-refractivity contribution in [2.24, 2.45) is 5.10 Å². The molecule has 21 heavy (non-hydrogen) atoms. The first-order chi connectivity index (χ1) is 9.97. The lowest BCUT2D eigenvalue weighted by molar-refractivity contribution is -0.136. The summed E-state index contributed by atoms with van der Waals surface area (Å²) in [6.07, 6.45) is 0.446. The summed E-state index contributed by atoms with van der Waals surface area (Å²) in [6.45, 7) is 0. The number of carboxylic acids is 1. The molecule has 1 unspecified atom stereocenters. The molecule has 2 rings (SSSR count). The summed E-state index contributed by atoms with van der Waals surface area (Å²) in [5.74, 6) is -0.714. The maximum Gasteiger partial charge on any atom is 0.304 e. The van der Waals surface area contributed by atoms with Crippen LogP contribution < -0.4 is 5.43 Å². The van der Waals surface area contributed by atoms with Gasteiger partial charge in [-0.2, -0.15) is 5.10 Å². The third kappa shape index (κ3) is 4.36. The molecule has 1 aliphatic rings. The van der Waals surface area contributed by atoms with Gasteiger partial charge in [0.15, 0.2) is 0 Å². The Labute approximate surface area is 135 Å². The van der Waals surface area contributed by atoms with E-state index in [1.165, 1.54) is 11.8 Å². The van der Waals surface area contributed by atoms with E-state index in [9.17, 15) is 9.59 Å². The predicted molar refractivity (Wildman–Crippen MR) is 84.3 cm³/mol. The van der Waals surface area contributed by atoms with Crippen LogP contribution in [0.25, 0.3) is 0 Å². The molecule has 1 aromatic carbocycles. The van der Waals surface area contributed by atoms with Crippen molar-refractivity contribution in [3.8, 4) is 0 Å². The average Bonchev–Trinajstić information content (AvgIpc) is 2.43. The largest absolute Gasteiger partial charge is 0.481 e. The third-order valence-corrected chi connectivity index (χ3v) is 4.82. The van der Waals surface area contributed by atoms with Crippen LogP contribution >= 0.6 is 35.0 Å². The Hall–Kier alpha value is -1.24. The summed E-state index contributed by atoms with van der Waals surface area (Å²) in [7, 11) is 0. The molecule has 1 atom stereocenters. The number of carbonyl (C=O) groups excluding carboxylic acids is 1. The summed E-state index contributed by atoms with van der Waals surface area (Å²) < 4.78 is 0. The second-order valence-electron chi connectivity index (χ2n) is 4.37. The Morgan fingerprint density at radius 3 is 2.86 bits per heavy atom. The van der Waals surface area contributed by atoms with Crippen LogP contribution in [0.3, 0.4) is 0 Å². The Kier molecular flexibility index (Phi) is 5.50. The number of carboxylic acid groups (broad SMARTS) is 1. The van der Waals surface area contributed by atoms with Gasteiger partial charge in [-0.15, -0.1) is 11.8 Å². The van der Waals surface area contributed by atoms with E-state index in [4.69, 9.17) is 28.3 Å². The van der Waals surface area contributed by atoms with Gasteiger partial charge < -0.3 is 5.11 Å². The molecule has 1 aromatic rings. The molecule has 0 spiro atoms. The van der Waals surface area contributed by atoms with E-state index < -0.39 is 5.97 Å². The van der Waals surface area contributed by atoms with Gasteiger partial charge >= 0.3 is 5.97 Å². The van der Waals surface area contributed by atoms with E-state index in [0.29, 0.717) is 27.9 Å². The maximum absolute atomic E-state index is 11.7. The van der Waals surface area contributed by atoms with Crippen LogP contribution in [0.1, 0.15) is 18.4 Å². The minimum atomic E-state index is -0.878. The van der Waals surface area contributed by atoms with Gasteiger partial charge in [-0.1, -0.05) is 29.3 Å². The molecule has 0 bridgehead atoms. The van der Waals surface area contributed by atoms with Crippen molar-refractivity contribution in [2.75, 3.05) is 5.75 Å². The van der Waals surface area contributed by atoms with Crippen LogP contribution in [0.5, 0.6) is 0 Å². The number of nitrogens with zero attached hydrogens (tertiary/aromatic N) is 1. The van der Waals surface area contributed by atoms with Crippen molar-refractivity contribution < 1.29 is 14.7 Å². The average molecular weight is 347 g/mol. The van der Waals surface area contributed by atoms with Crippen LogP contribution in [0, 0.1) is 0 Å². The van der Waals surface area contributed by atoms with Crippen molar-refractivity contribution in [2.45, 2.75) is 18.1 Å². The van der Waals surface area contributed by atoms with E-state index >= 15 is 0 Å². The number of hydrazone groups is 1. The van der Waals surface area contributed by atoms with Gasteiger partial charge in [0, 0.05) is 12.2 Å². The van der Waals surface area contributed by atoms with Crippen LogP contribution in [-0.2, 0) is 9.59 Å². The fourth-order valence-corrected chi connectivity index (χ4v) is 3.14. The van der Waals surface area contributed by atoms with Crippen molar-refractivity contribution in [3.63, 3.8) is 0 Å². The van der Waals surface area contributed by atoms with Crippen LogP contribution in [0.15, 0.2) is 23.3 Å². The van der Waals surface area contributed by atoms with Gasteiger partial charge in [0.05, 0.1) is 27.4 Å². The molecule has 1 aliphatic heterocycles. The topological polar surface area (TPSA) is 78.8 Å². The second kappa shape index (κ2) is 7.15. The lowest BCUT2D eigenvalue weighted by atomic mass is 10.0. The number of hydrogen-bond donors (Lipinski definition) is 2. The molecule has 0 aromatic heterocycles. The molecule has 8 heteroatoms. The monoisotopic (exact) mass is 346 g/mol. The highest BCUT2D eigenvalue weighted by atomic mass is 35.5. The molecule has 0 fully saturated rings. The first kappa shape index (κ1) is 16.1. The number of aliphatic carboxylic acids is 1. The summed E-state index contributed by atoms with van der Waals surface area (Å²) in [6, 6.07) is 5.15. The number of carbonyl (C=O) groups is 2. The minimum absolute atomic E-state index is 0.0215. The minimum Gasteiger partial charge on any atom is -0.481 e. The van der Waals surface area contributed by atoms with Crippen LogP contribution in [0.4, 0.5) is 0 Å². The summed E-state index contributed by atoms with van der Waals surface area (Å²) in [4.78, 5) is 22.2. The Balaban J connectivity index is 2.06. The van der Waals surface area contributed by atoms with Crippen molar-refractivity contribution in [1.82, 2.24) is 5.43 Å². The van der Waals surface area contributed by atoms with Gasteiger partial charge in [0.2, 0.25) is 0 Å². The molecule has 0 radical (unpaired) electrons. The van der Waals surface area contributed by atoms with Gasteiger partial charge in [-0.25, -0.2) is 5.43 Å². The standard InChI is InChI=1S/C13H12Cl2N2O3S/c14-8-2-1-7(5-9(8)15)10-6-11(13(20)17-16-10)21-4-3-12(18)19/h1-2,5,11H,3-4,6H2,(H,17,20)(H,18,19). The van der Waals surface area contributed by atoms with Gasteiger partial charge in [-0.05, 0) is 17.7 Å². The van der Waals surface area contributed by atoms with E-state index in [-0.39, 0.29) is 17.6 Å². The molecular weight excluding hydrogens is 335 g/mol. The Morgan fingerprint density at radius 2 is 2.19 bits per heavy atom. The highest BCUT2D eigenvalue weighted by Gasteiger charge is 2.26. The number of hydrogen-bond acceptors (Lipinski definition) is 4. The quantitative estimate of drug-likeness (QED) is 0.859. The summed E-state index contributed by atoms with van der Waals surface area (Å²) in [5.41, 5.74) is 3.94. The summed E-state index contributed by atoms with van der Waals surface area (Å²) >= 11 is 13.1. The fraction of sp³-hybridized carbons (Fsp3) is 0.308. The Bertz CT molecular complexity index is 607. The highest BCUT2D eigenvalue weighted by Crippen LogP contribution is 2.26. The van der Waals surface area contributed by atoms with Crippen molar-refractivity contribution in [1.29, 1.82) is 0 Å². The number of thioether (sulfide) groups is 1. The second-order valence-corrected chi connectivity index (χ2v) is 6.50. The van der Waals surface area contributed by atoms with E-state index in [2.05, 4.69) is 10.5 Å². The molecule has 5 nitrogen and oxygen atoms in total. The molecule has 0 saturated carbocycles. The molecule has 0 saturated heterocycles. The van der Waals surface area contributed by atoms with Crippen LogP contribution in [0.2, 0.25) is 10.0 Å². The molecule has 112 valence electrons. The maximum atomic E-state index is 11.7. The number of halogens is 2. The van der Waals surface area contributed by atoms with Crippen molar-refractivity contribution in [3.05, 3.63) is 33.8 Å². The predicted octanol–water partition coefficient (Wildman–Crippen LogP) is 2.79. The smallest absolute Gasteiger partial charge is 0.304 e. The zero-order chi connectivity index (χ0) is 15.4. The molecule has 1 amide bonds. The lowest BCUT2D eigenvalue weighted by Crippen LogP contribution is -2.37. The normalized spacial score (nSPS) is 18.1. The van der Waals surface area contributed by atoms with Gasteiger partial charge in [0.1, 0.15) is 0 Å². The number of nitrogens with one attached hydrogen (secondary N) is 1. The summed E-state index contributed by atoms with van der Waals surface area (Å²) in [5, 5.41) is 13.2. The van der Waals surface area contributed by atoms with Gasteiger partial charge in [-0.3, -0.25) is 9.59 Å². The number of benzene rings is 1. The molecular formula is C13H12Cl2N2O3S. The first-order valence-electron chi connectivity index (χ1n) is 6.12. The lowest BCUT2D eigenvalue weighted by Gasteiger charge is -2.21. The zero-order valence-corrected chi connectivity index (χ0v) is 13.1. The van der Waals surface area contributed by atoms with Crippen LogP contribution in [-0.4, -0.2) is 33.7 Å². The Morgan fingerprint density at radius 1 is 1.43 bits per heavy atom. The molecule has 1 heterocycles. The van der Waals surface area contributed by atoms with E-state index in [1.807, 2.05) is 0 Å². The zero-order valence-electron chi connectivity index (χ0n) is 10.8. The fourth-order valence-electron chi connectivity index (χ4n) is 1.79. The third-order valence-electron chi connectivity index (χ3n) is 2.86. The molecule has 2 N–H and O–H groups in total. The van der Waals surface area contributed by atoms with Crippen molar-refractivity contribution >= 4 is 52.6 Å². The molecule has 0 aliphatic carbocycles. The van der Waals surface area contributed by atoms with E-state index in [1.54, 1.807) is 18.2 Å². The number of rotatable bonds is 5. The highest BCUT2D eigenvalue weighted by molar-refractivity contribution is 8.00. The van der Waals surface area contributed by atoms with Gasteiger partial charge in [0.25, 0.3) is 5.91 Å². The SMILES string of the molecule is O=C(O)CCSC1CC(c2ccc(Cl)c(Cl)c2)=NNC1=O. The number of amides is 1. The van der Waals surface area contributed by atoms with E-state index in [0.717, 1.165) is 5.56 Å².